The molecule has 6 rings (SSSR count). The zero-order chi connectivity index (χ0) is 24.3. The second kappa shape index (κ2) is 9.63. The Balaban J connectivity index is 1.29. The lowest BCUT2D eigenvalue weighted by Gasteiger charge is -2.27. The van der Waals surface area contributed by atoms with E-state index in [1.807, 2.05) is 37.3 Å². The van der Waals surface area contributed by atoms with Gasteiger partial charge in [-0.1, -0.05) is 48.5 Å². The number of anilines is 4. The van der Waals surface area contributed by atoms with Crippen LogP contribution in [0.1, 0.15) is 11.3 Å². The molecule has 0 radical (unpaired) electrons. The summed E-state index contributed by atoms with van der Waals surface area (Å²) in [6.45, 7) is 4.75. The van der Waals surface area contributed by atoms with Crippen LogP contribution in [-0.2, 0) is 4.74 Å². The normalized spacial score (nSPS) is 14.1. The predicted octanol–water partition coefficient (Wildman–Crippen LogP) is 4.84. The lowest BCUT2D eigenvalue weighted by molar-refractivity contribution is 0.122. The summed E-state index contributed by atoms with van der Waals surface area (Å²) in [7, 11) is 0. The fourth-order valence-corrected chi connectivity index (χ4v) is 4.39. The number of aryl methyl sites for hydroxylation is 1. The smallest absolute Gasteiger partial charge is 0.250 e. The van der Waals surface area contributed by atoms with Crippen molar-refractivity contribution in [3.63, 3.8) is 0 Å². The van der Waals surface area contributed by atoms with Crippen LogP contribution in [0, 0.1) is 6.92 Å². The molecular weight excluding hydrogens is 452 g/mol. The Labute approximate surface area is 208 Å². The number of H-pyrrole nitrogens is 1. The van der Waals surface area contributed by atoms with Gasteiger partial charge in [0.1, 0.15) is 0 Å². The van der Waals surface area contributed by atoms with E-state index < -0.39 is 0 Å². The van der Waals surface area contributed by atoms with Crippen molar-refractivity contribution in [2.45, 2.75) is 6.92 Å². The van der Waals surface area contributed by atoms with Gasteiger partial charge < -0.3 is 19.9 Å². The van der Waals surface area contributed by atoms with Gasteiger partial charge in [0.25, 0.3) is 0 Å². The molecule has 1 fully saturated rings. The van der Waals surface area contributed by atoms with Crippen LogP contribution in [0.4, 0.5) is 23.5 Å². The molecule has 3 heterocycles. The molecule has 0 unspecified atom stereocenters. The molecule has 0 atom stereocenters. The van der Waals surface area contributed by atoms with Crippen molar-refractivity contribution in [2.24, 2.45) is 5.10 Å². The zero-order valence-electron chi connectivity index (χ0n) is 19.9. The first-order valence-electron chi connectivity index (χ1n) is 11.9. The molecule has 3 aromatic carbocycles. The van der Waals surface area contributed by atoms with E-state index in [1.165, 1.54) is 5.39 Å². The van der Waals surface area contributed by atoms with Crippen LogP contribution >= 0.6 is 0 Å². The van der Waals surface area contributed by atoms with E-state index in [9.17, 15) is 0 Å². The van der Waals surface area contributed by atoms with Crippen LogP contribution in [0.3, 0.4) is 0 Å². The molecule has 180 valence electrons. The number of ether oxygens (including phenoxy) is 1. The van der Waals surface area contributed by atoms with Gasteiger partial charge in [-0.3, -0.25) is 0 Å². The largest absolute Gasteiger partial charge is 0.378 e. The first kappa shape index (κ1) is 22.0. The Bertz CT molecular complexity index is 1550. The summed E-state index contributed by atoms with van der Waals surface area (Å²) in [5.41, 5.74) is 7.05. The summed E-state index contributed by atoms with van der Waals surface area (Å²) in [5, 5.41) is 11.2. The van der Waals surface area contributed by atoms with Gasteiger partial charge in [-0.05, 0) is 35.9 Å². The van der Waals surface area contributed by atoms with Crippen LogP contribution < -0.4 is 15.6 Å². The van der Waals surface area contributed by atoms with E-state index in [1.54, 1.807) is 6.21 Å². The van der Waals surface area contributed by atoms with E-state index in [4.69, 9.17) is 4.74 Å². The topological polar surface area (TPSA) is 103 Å². The summed E-state index contributed by atoms with van der Waals surface area (Å²) < 4.78 is 5.50. The molecule has 5 aromatic rings. The van der Waals surface area contributed by atoms with Gasteiger partial charge in [0.15, 0.2) is 0 Å². The summed E-state index contributed by atoms with van der Waals surface area (Å²) >= 11 is 0. The predicted molar refractivity (Wildman–Crippen MR) is 144 cm³/mol. The standard InChI is InChI=1S/C27H26N8O/c1-18-23(22-8-4-5-9-24(22)29-18)17-28-34-26-31-25(32-27(33-26)35-12-14-36-15-13-35)30-21-11-10-19-6-2-3-7-20(19)16-21/h2-11,16-17,29H,12-15H2,1H3,(H2,30,31,32,33,34). The highest BCUT2D eigenvalue weighted by atomic mass is 16.5. The van der Waals surface area contributed by atoms with E-state index in [0.717, 1.165) is 46.3 Å². The van der Waals surface area contributed by atoms with Gasteiger partial charge in [-0.15, -0.1) is 0 Å². The molecule has 1 saturated heterocycles. The Morgan fingerprint density at radius 2 is 1.69 bits per heavy atom. The van der Waals surface area contributed by atoms with E-state index in [0.29, 0.717) is 31.1 Å². The van der Waals surface area contributed by atoms with Gasteiger partial charge in [0, 0.05) is 40.9 Å². The third-order valence-electron chi connectivity index (χ3n) is 6.22. The van der Waals surface area contributed by atoms with Crippen LogP contribution in [0.25, 0.3) is 21.7 Å². The van der Waals surface area contributed by atoms with Crippen molar-refractivity contribution in [2.75, 3.05) is 41.9 Å². The number of hydrazone groups is 1. The summed E-state index contributed by atoms with van der Waals surface area (Å²) in [6.07, 6.45) is 1.79. The molecule has 36 heavy (non-hydrogen) atoms. The van der Waals surface area contributed by atoms with Crippen LogP contribution in [0.15, 0.2) is 71.8 Å². The number of aromatic nitrogens is 4. The average molecular weight is 479 g/mol. The first-order valence-corrected chi connectivity index (χ1v) is 11.9. The molecule has 1 aliphatic rings. The molecule has 0 spiro atoms. The van der Waals surface area contributed by atoms with Crippen LogP contribution in [0.5, 0.6) is 0 Å². The monoisotopic (exact) mass is 478 g/mol. The van der Waals surface area contributed by atoms with Gasteiger partial charge in [0.05, 0.1) is 19.4 Å². The lowest BCUT2D eigenvalue weighted by atomic mass is 10.1. The molecule has 1 aliphatic heterocycles. The summed E-state index contributed by atoms with van der Waals surface area (Å²) in [5.74, 6) is 1.39. The number of morpholine rings is 1. The second-order valence-electron chi connectivity index (χ2n) is 8.65. The van der Waals surface area contributed by atoms with Gasteiger partial charge in [0.2, 0.25) is 17.8 Å². The number of nitrogens with one attached hydrogen (secondary N) is 3. The second-order valence-corrected chi connectivity index (χ2v) is 8.65. The van der Waals surface area contributed by atoms with E-state index in [-0.39, 0.29) is 0 Å². The van der Waals surface area contributed by atoms with E-state index in [2.05, 4.69) is 77.1 Å². The lowest BCUT2D eigenvalue weighted by Crippen LogP contribution is -2.37. The fourth-order valence-electron chi connectivity index (χ4n) is 4.39. The Hall–Kier alpha value is -4.50. The molecular formula is C27H26N8O. The van der Waals surface area contributed by atoms with Gasteiger partial charge >= 0.3 is 0 Å². The van der Waals surface area contributed by atoms with Crippen molar-refractivity contribution in [1.29, 1.82) is 0 Å². The molecule has 0 bridgehead atoms. The quantitative estimate of drug-likeness (QED) is 0.237. The minimum atomic E-state index is 0.364. The van der Waals surface area contributed by atoms with Crippen molar-refractivity contribution in [1.82, 2.24) is 19.9 Å². The summed E-state index contributed by atoms with van der Waals surface area (Å²) in [4.78, 5) is 19.4. The maximum Gasteiger partial charge on any atom is 0.250 e. The zero-order valence-corrected chi connectivity index (χ0v) is 19.9. The fraction of sp³-hybridized carbons (Fsp3) is 0.185. The van der Waals surface area contributed by atoms with Crippen LogP contribution in [0.2, 0.25) is 0 Å². The van der Waals surface area contributed by atoms with Crippen molar-refractivity contribution in [3.05, 3.63) is 78.0 Å². The van der Waals surface area contributed by atoms with Gasteiger partial charge in [-0.25, -0.2) is 5.43 Å². The minimum absolute atomic E-state index is 0.364. The molecule has 0 saturated carbocycles. The molecule has 9 heteroatoms. The number of rotatable bonds is 6. The molecule has 9 nitrogen and oxygen atoms in total. The molecule has 0 amide bonds. The Morgan fingerprint density at radius 3 is 2.58 bits per heavy atom. The Morgan fingerprint density at radius 1 is 0.917 bits per heavy atom. The van der Waals surface area contributed by atoms with Crippen molar-refractivity contribution in [3.8, 4) is 0 Å². The number of aromatic amines is 1. The average Bonchev–Trinajstić information content (AvgIpc) is 3.24. The SMILES string of the molecule is Cc1[nH]c2ccccc2c1C=NNc1nc(Nc2ccc3ccccc3c2)nc(N2CCOCC2)n1. The molecule has 2 aromatic heterocycles. The maximum absolute atomic E-state index is 5.50. The number of nitrogens with zero attached hydrogens (tertiary/aromatic N) is 5. The number of benzene rings is 3. The number of hydrogen-bond donors (Lipinski definition) is 3. The molecule has 0 aliphatic carbocycles. The van der Waals surface area contributed by atoms with E-state index >= 15 is 0 Å². The first-order chi connectivity index (χ1) is 17.7. The van der Waals surface area contributed by atoms with Crippen LogP contribution in [-0.4, -0.2) is 52.5 Å². The summed E-state index contributed by atoms with van der Waals surface area (Å²) in [6, 6.07) is 22.6. The minimum Gasteiger partial charge on any atom is -0.378 e. The third kappa shape index (κ3) is 4.56. The number of fused-ring (bicyclic) bond motifs is 2. The molecule has 3 N–H and O–H groups in total. The third-order valence-corrected chi connectivity index (χ3v) is 6.22. The number of hydrogen-bond acceptors (Lipinski definition) is 8. The van der Waals surface area contributed by atoms with Crippen molar-refractivity contribution >= 4 is 51.4 Å². The van der Waals surface area contributed by atoms with Crippen molar-refractivity contribution < 1.29 is 4.74 Å². The Kier molecular flexibility index (Phi) is 5.88. The van der Waals surface area contributed by atoms with Gasteiger partial charge in [-0.2, -0.15) is 20.1 Å². The number of para-hydroxylation sites is 1. The highest BCUT2D eigenvalue weighted by Crippen LogP contribution is 2.23. The maximum atomic E-state index is 5.50. The highest BCUT2D eigenvalue weighted by molar-refractivity contribution is 6.00. The highest BCUT2D eigenvalue weighted by Gasteiger charge is 2.17.